The third kappa shape index (κ3) is 1.35. The van der Waals surface area contributed by atoms with Crippen molar-refractivity contribution in [2.45, 2.75) is 57.9 Å². The molecule has 0 aromatic rings. The van der Waals surface area contributed by atoms with E-state index in [2.05, 4.69) is 31.1 Å². The summed E-state index contributed by atoms with van der Waals surface area (Å²) in [5, 5.41) is 3.46. The lowest BCUT2D eigenvalue weighted by Crippen LogP contribution is -2.39. The van der Waals surface area contributed by atoms with E-state index in [0.29, 0.717) is 18.2 Å². The highest BCUT2D eigenvalue weighted by molar-refractivity contribution is 5.84. The third-order valence-electron chi connectivity index (χ3n) is 3.01. The Labute approximate surface area is 79.6 Å². The van der Waals surface area contributed by atoms with E-state index in [1.807, 2.05) is 0 Å². The molecule has 1 saturated heterocycles. The number of rotatable bonds is 2. The van der Waals surface area contributed by atoms with Gasteiger partial charge in [0.15, 0.2) is 0 Å². The van der Waals surface area contributed by atoms with Gasteiger partial charge in [-0.1, -0.05) is 13.8 Å². The smallest absolute Gasteiger partial charge is 0.100 e. The summed E-state index contributed by atoms with van der Waals surface area (Å²) in [6.07, 6.45) is 2.72. The lowest BCUT2D eigenvalue weighted by molar-refractivity contribution is 0.0451. The zero-order chi connectivity index (χ0) is 9.42. The molecule has 74 valence electrons. The Hall–Kier alpha value is -0.570. The minimum atomic E-state index is 0.284. The molecule has 2 aliphatic heterocycles. The standard InChI is InChI=1S/C10H18N2O/c1-4-7-10-9(6(3)13-7)11-8(5-2)12-10/h6-7,9-10H,4-5H2,1-3H3,(H,11,12). The van der Waals surface area contributed by atoms with Crippen molar-refractivity contribution in [3.63, 3.8) is 0 Å². The highest BCUT2D eigenvalue weighted by Gasteiger charge is 2.44. The molecule has 0 spiro atoms. The highest BCUT2D eigenvalue weighted by Crippen LogP contribution is 2.29. The van der Waals surface area contributed by atoms with Gasteiger partial charge in [-0.25, -0.2) is 0 Å². The average molecular weight is 182 g/mol. The van der Waals surface area contributed by atoms with E-state index in [4.69, 9.17) is 4.74 Å². The first kappa shape index (κ1) is 9.00. The largest absolute Gasteiger partial charge is 0.371 e. The molecule has 0 aromatic carbocycles. The molecule has 0 amide bonds. The molecule has 4 unspecified atom stereocenters. The number of amidine groups is 1. The number of hydrogen-bond donors (Lipinski definition) is 1. The molecule has 0 saturated carbocycles. The van der Waals surface area contributed by atoms with Gasteiger partial charge in [0, 0.05) is 6.42 Å². The Kier molecular flexibility index (Phi) is 2.28. The van der Waals surface area contributed by atoms with E-state index >= 15 is 0 Å². The van der Waals surface area contributed by atoms with E-state index in [1.165, 1.54) is 0 Å². The third-order valence-corrected chi connectivity index (χ3v) is 3.01. The molecule has 2 rings (SSSR count). The number of nitrogens with zero attached hydrogens (tertiary/aromatic N) is 1. The molecular weight excluding hydrogens is 164 g/mol. The molecule has 1 fully saturated rings. The minimum absolute atomic E-state index is 0.284. The first-order valence-corrected chi connectivity index (χ1v) is 5.25. The van der Waals surface area contributed by atoms with Gasteiger partial charge in [0.05, 0.1) is 24.1 Å². The van der Waals surface area contributed by atoms with E-state index in [9.17, 15) is 0 Å². The average Bonchev–Trinajstić information content (AvgIpc) is 2.66. The number of hydrogen-bond acceptors (Lipinski definition) is 3. The Morgan fingerprint density at radius 1 is 1.46 bits per heavy atom. The van der Waals surface area contributed by atoms with Crippen LogP contribution in [0.1, 0.15) is 33.6 Å². The fourth-order valence-corrected chi connectivity index (χ4v) is 2.27. The summed E-state index contributed by atoms with van der Waals surface area (Å²) >= 11 is 0. The molecule has 3 nitrogen and oxygen atoms in total. The van der Waals surface area contributed by atoms with Crippen molar-refractivity contribution in [2.24, 2.45) is 4.99 Å². The van der Waals surface area contributed by atoms with E-state index in [-0.39, 0.29) is 6.10 Å². The van der Waals surface area contributed by atoms with Crippen LogP contribution in [0.5, 0.6) is 0 Å². The van der Waals surface area contributed by atoms with Gasteiger partial charge < -0.3 is 10.1 Å². The summed E-state index contributed by atoms with van der Waals surface area (Å²) in [5.74, 6) is 1.16. The molecule has 3 heteroatoms. The first-order chi connectivity index (χ1) is 6.26. The summed E-state index contributed by atoms with van der Waals surface area (Å²) in [7, 11) is 0. The van der Waals surface area contributed by atoms with Gasteiger partial charge in [-0.15, -0.1) is 0 Å². The van der Waals surface area contributed by atoms with Crippen molar-refractivity contribution < 1.29 is 4.74 Å². The second-order valence-electron chi connectivity index (χ2n) is 3.88. The van der Waals surface area contributed by atoms with Gasteiger partial charge in [-0.05, 0) is 13.3 Å². The Morgan fingerprint density at radius 2 is 2.23 bits per heavy atom. The van der Waals surface area contributed by atoms with E-state index in [0.717, 1.165) is 18.7 Å². The summed E-state index contributed by atoms with van der Waals surface area (Å²) in [6.45, 7) is 6.43. The van der Waals surface area contributed by atoms with Gasteiger partial charge in [0.25, 0.3) is 0 Å². The molecule has 0 radical (unpaired) electrons. The first-order valence-electron chi connectivity index (χ1n) is 5.25. The van der Waals surface area contributed by atoms with Gasteiger partial charge in [0.1, 0.15) is 6.04 Å². The maximum Gasteiger partial charge on any atom is 0.100 e. The second-order valence-corrected chi connectivity index (χ2v) is 3.88. The molecule has 0 aliphatic carbocycles. The highest BCUT2D eigenvalue weighted by atomic mass is 16.5. The zero-order valence-electron chi connectivity index (χ0n) is 8.58. The zero-order valence-corrected chi connectivity index (χ0v) is 8.58. The molecule has 4 atom stereocenters. The predicted octanol–water partition coefficient (Wildman–Crippen LogP) is 1.33. The topological polar surface area (TPSA) is 33.6 Å². The molecular formula is C10H18N2O. The molecule has 2 heterocycles. The van der Waals surface area contributed by atoms with Crippen LogP contribution in [-0.4, -0.2) is 30.1 Å². The molecule has 2 aliphatic rings. The van der Waals surface area contributed by atoms with Crippen molar-refractivity contribution in [2.75, 3.05) is 0 Å². The summed E-state index contributed by atoms with van der Waals surface area (Å²) in [5.41, 5.74) is 0. The van der Waals surface area contributed by atoms with E-state index in [1.54, 1.807) is 0 Å². The van der Waals surface area contributed by atoms with Crippen LogP contribution in [0.4, 0.5) is 0 Å². The number of fused-ring (bicyclic) bond motifs is 1. The fourth-order valence-electron chi connectivity index (χ4n) is 2.27. The second kappa shape index (κ2) is 3.29. The van der Waals surface area contributed by atoms with Crippen molar-refractivity contribution >= 4 is 5.84 Å². The quantitative estimate of drug-likeness (QED) is 0.699. The van der Waals surface area contributed by atoms with Gasteiger partial charge >= 0.3 is 0 Å². The number of aliphatic imine (C=N–C) groups is 1. The normalized spacial score (nSPS) is 42.8. The number of nitrogens with one attached hydrogen (secondary N) is 1. The maximum atomic E-state index is 5.80. The number of ether oxygens (including phenoxy) is 1. The van der Waals surface area contributed by atoms with Gasteiger partial charge in [-0.2, -0.15) is 0 Å². The minimum Gasteiger partial charge on any atom is -0.371 e. The van der Waals surface area contributed by atoms with Crippen LogP contribution in [0.2, 0.25) is 0 Å². The van der Waals surface area contributed by atoms with Gasteiger partial charge in [0.2, 0.25) is 0 Å². The molecule has 1 N–H and O–H groups in total. The van der Waals surface area contributed by atoms with Crippen molar-refractivity contribution in [3.8, 4) is 0 Å². The summed E-state index contributed by atoms with van der Waals surface area (Å²) in [4.78, 5) is 4.63. The van der Waals surface area contributed by atoms with Crippen LogP contribution < -0.4 is 5.32 Å². The van der Waals surface area contributed by atoms with Crippen LogP contribution >= 0.6 is 0 Å². The summed E-state index contributed by atoms with van der Waals surface area (Å²) < 4.78 is 5.80. The van der Waals surface area contributed by atoms with Crippen molar-refractivity contribution in [3.05, 3.63) is 0 Å². The van der Waals surface area contributed by atoms with Gasteiger partial charge in [-0.3, -0.25) is 4.99 Å². The Morgan fingerprint density at radius 3 is 2.85 bits per heavy atom. The Bertz CT molecular complexity index is 227. The lowest BCUT2D eigenvalue weighted by atomic mass is 10.0. The van der Waals surface area contributed by atoms with Crippen LogP contribution in [0, 0.1) is 0 Å². The lowest BCUT2D eigenvalue weighted by Gasteiger charge is -2.15. The van der Waals surface area contributed by atoms with Crippen molar-refractivity contribution in [1.82, 2.24) is 5.32 Å². The van der Waals surface area contributed by atoms with Crippen LogP contribution in [0.3, 0.4) is 0 Å². The van der Waals surface area contributed by atoms with Crippen molar-refractivity contribution in [1.29, 1.82) is 0 Å². The monoisotopic (exact) mass is 182 g/mol. The fraction of sp³-hybridized carbons (Fsp3) is 0.900. The molecule has 0 aromatic heterocycles. The van der Waals surface area contributed by atoms with E-state index < -0.39 is 0 Å². The van der Waals surface area contributed by atoms with Crippen LogP contribution in [0.25, 0.3) is 0 Å². The SMILES string of the molecule is CCC1=NC2C(C)OC(CC)C2N1. The van der Waals surface area contributed by atoms with Crippen LogP contribution in [-0.2, 0) is 4.74 Å². The van der Waals surface area contributed by atoms with Crippen LogP contribution in [0.15, 0.2) is 4.99 Å². The Balaban J connectivity index is 2.11. The molecule has 0 bridgehead atoms. The predicted molar refractivity (Wildman–Crippen MR) is 53.1 cm³/mol. The molecule has 13 heavy (non-hydrogen) atoms. The maximum absolute atomic E-state index is 5.80. The summed E-state index contributed by atoms with van der Waals surface area (Å²) in [6, 6.07) is 0.801.